The minimum Gasteiger partial charge on any atom is -0.457 e. The molecule has 0 radical (unpaired) electrons. The Balaban J connectivity index is 1.97. The maximum Gasteiger partial charge on any atom is 0.127 e. The van der Waals surface area contributed by atoms with Gasteiger partial charge in [-0.1, -0.05) is 18.2 Å². The average Bonchev–Trinajstić information content (AvgIpc) is 2.55. The van der Waals surface area contributed by atoms with Crippen LogP contribution in [-0.4, -0.2) is 26.0 Å². The summed E-state index contributed by atoms with van der Waals surface area (Å²) >= 11 is 0. The summed E-state index contributed by atoms with van der Waals surface area (Å²) in [6.45, 7) is -11.4. The molecule has 1 fully saturated rings. The molecule has 0 amide bonds. The van der Waals surface area contributed by atoms with Gasteiger partial charge in [-0.15, -0.1) is 0 Å². The molecule has 0 atom stereocenters. The van der Waals surface area contributed by atoms with Crippen molar-refractivity contribution in [3.8, 4) is 11.5 Å². The van der Waals surface area contributed by atoms with Crippen molar-refractivity contribution in [2.45, 2.75) is 0 Å². The minimum absolute atomic E-state index is 0.0142. The SMILES string of the molecule is [2H]C1([2H])NC([2H])([2H])C([2H])([2H])N(c2ccc(Oc3ccccc3)cc2)C1([2H])[2H]. The van der Waals surface area contributed by atoms with Crippen molar-refractivity contribution in [3.63, 3.8) is 0 Å². The van der Waals surface area contributed by atoms with Gasteiger partial charge in [0.15, 0.2) is 0 Å². The monoisotopic (exact) mass is 262 g/mol. The van der Waals surface area contributed by atoms with Crippen LogP contribution in [0.2, 0.25) is 0 Å². The molecule has 0 aromatic heterocycles. The zero-order valence-corrected chi connectivity index (χ0v) is 10.1. The Morgan fingerprint density at radius 3 is 2.21 bits per heavy atom. The van der Waals surface area contributed by atoms with Crippen LogP contribution in [0, 0.1) is 0 Å². The normalized spacial score (nSPS) is 32.1. The van der Waals surface area contributed by atoms with E-state index in [1.165, 1.54) is 24.3 Å². The summed E-state index contributed by atoms with van der Waals surface area (Å²) in [6, 6.07) is 14.7. The predicted octanol–water partition coefficient (Wildman–Crippen LogP) is 2.89. The Morgan fingerprint density at radius 1 is 0.895 bits per heavy atom. The van der Waals surface area contributed by atoms with E-state index in [0.29, 0.717) is 16.4 Å². The summed E-state index contributed by atoms with van der Waals surface area (Å²) in [7, 11) is 0. The fraction of sp³-hybridized carbons (Fsp3) is 0.250. The second kappa shape index (κ2) is 5.76. The Bertz CT molecular complexity index is 785. The van der Waals surface area contributed by atoms with E-state index in [-0.39, 0.29) is 5.69 Å². The van der Waals surface area contributed by atoms with Gasteiger partial charge in [-0.3, -0.25) is 0 Å². The lowest BCUT2D eigenvalue weighted by atomic mass is 10.2. The zero-order valence-electron chi connectivity index (χ0n) is 18.1. The van der Waals surface area contributed by atoms with Crippen molar-refractivity contribution in [2.75, 3.05) is 30.9 Å². The number of nitrogens with zero attached hydrogens (tertiary/aromatic N) is 1. The van der Waals surface area contributed by atoms with Crippen LogP contribution in [0.3, 0.4) is 0 Å². The maximum absolute atomic E-state index is 8.11. The summed E-state index contributed by atoms with van der Waals surface area (Å²) in [5.74, 6) is 1.01. The number of hydrogen-bond acceptors (Lipinski definition) is 3. The first-order chi connectivity index (χ1) is 12.4. The number of benzene rings is 2. The molecular formula is C16H18N2O. The van der Waals surface area contributed by atoms with Crippen LogP contribution in [0.4, 0.5) is 5.69 Å². The van der Waals surface area contributed by atoms with Crippen LogP contribution in [0.25, 0.3) is 0 Å². The van der Waals surface area contributed by atoms with Crippen LogP contribution in [0.5, 0.6) is 11.5 Å². The molecule has 1 aliphatic rings. The van der Waals surface area contributed by atoms with Crippen LogP contribution in [-0.2, 0) is 0 Å². The highest BCUT2D eigenvalue weighted by Gasteiger charge is 2.10. The van der Waals surface area contributed by atoms with Gasteiger partial charge < -0.3 is 15.0 Å². The highest BCUT2D eigenvalue weighted by atomic mass is 16.5. The van der Waals surface area contributed by atoms with Crippen LogP contribution >= 0.6 is 0 Å². The Kier molecular flexibility index (Phi) is 1.81. The molecule has 0 spiro atoms. The predicted molar refractivity (Wildman–Crippen MR) is 78.0 cm³/mol. The summed E-state index contributed by atoms with van der Waals surface area (Å²) in [5.41, 5.74) is -0.0142. The molecule has 3 heteroatoms. The number of hydrogen-bond donors (Lipinski definition) is 1. The molecule has 98 valence electrons. The maximum atomic E-state index is 8.11. The van der Waals surface area contributed by atoms with Crippen molar-refractivity contribution < 1.29 is 15.7 Å². The molecule has 0 bridgehead atoms. The van der Waals surface area contributed by atoms with Gasteiger partial charge in [0.1, 0.15) is 11.5 Å². The fourth-order valence-electron chi connectivity index (χ4n) is 1.64. The third-order valence-corrected chi connectivity index (χ3v) is 2.53. The van der Waals surface area contributed by atoms with E-state index in [1.54, 1.807) is 29.6 Å². The van der Waals surface area contributed by atoms with Gasteiger partial charge in [-0.2, -0.15) is 0 Å². The molecule has 2 aromatic rings. The summed E-state index contributed by atoms with van der Waals surface area (Å²) in [6.07, 6.45) is 0. The quantitative estimate of drug-likeness (QED) is 0.920. The smallest absolute Gasteiger partial charge is 0.127 e. The molecule has 0 saturated carbocycles. The molecular weight excluding hydrogens is 236 g/mol. The van der Waals surface area contributed by atoms with Crippen LogP contribution in [0.1, 0.15) is 11.0 Å². The number of piperazine rings is 1. The van der Waals surface area contributed by atoms with Gasteiger partial charge in [0.2, 0.25) is 0 Å². The number of ether oxygens (including phenoxy) is 1. The van der Waals surface area contributed by atoms with E-state index < -0.39 is 26.0 Å². The third kappa shape index (κ3) is 3.06. The van der Waals surface area contributed by atoms with E-state index in [9.17, 15) is 0 Å². The molecule has 3 rings (SSSR count). The molecule has 0 aliphatic carbocycles. The van der Waals surface area contributed by atoms with Crippen LogP contribution in [0.15, 0.2) is 54.6 Å². The number of rotatable bonds is 3. The molecule has 2 aromatic carbocycles. The fourth-order valence-corrected chi connectivity index (χ4v) is 1.64. The Hall–Kier alpha value is -2.00. The molecule has 1 aliphatic heterocycles. The molecule has 3 nitrogen and oxygen atoms in total. The summed E-state index contributed by atoms with van der Waals surface area (Å²) < 4.78 is 69.4. The lowest BCUT2D eigenvalue weighted by molar-refractivity contribution is 0.482. The van der Waals surface area contributed by atoms with Crippen molar-refractivity contribution in [1.82, 2.24) is 5.32 Å². The topological polar surface area (TPSA) is 24.5 Å². The van der Waals surface area contributed by atoms with Crippen LogP contribution < -0.4 is 15.0 Å². The highest BCUT2D eigenvalue weighted by Crippen LogP contribution is 2.24. The number of anilines is 1. The van der Waals surface area contributed by atoms with Gasteiger partial charge in [-0.05, 0) is 36.4 Å². The van der Waals surface area contributed by atoms with Gasteiger partial charge in [-0.25, -0.2) is 0 Å². The van der Waals surface area contributed by atoms with Crippen molar-refractivity contribution in [1.29, 1.82) is 0 Å². The van der Waals surface area contributed by atoms with E-state index in [1.807, 2.05) is 6.07 Å². The van der Waals surface area contributed by atoms with Crippen molar-refractivity contribution in [2.24, 2.45) is 0 Å². The van der Waals surface area contributed by atoms with E-state index in [0.717, 1.165) is 0 Å². The van der Waals surface area contributed by atoms with Gasteiger partial charge >= 0.3 is 0 Å². The second-order valence-corrected chi connectivity index (χ2v) is 3.84. The molecule has 1 heterocycles. The first kappa shape index (κ1) is 5.97. The van der Waals surface area contributed by atoms with Crippen molar-refractivity contribution in [3.05, 3.63) is 54.6 Å². The highest BCUT2D eigenvalue weighted by molar-refractivity contribution is 5.50. The molecule has 0 unspecified atom stereocenters. The molecule has 19 heavy (non-hydrogen) atoms. The standard InChI is InChI=1S/C16H18N2O/c1-2-4-15(5-3-1)19-16-8-6-14(7-9-16)18-12-10-17-11-13-18/h1-9,17H,10-13H2/i10D2,11D2,12D2,13D2. The van der Waals surface area contributed by atoms with E-state index in [4.69, 9.17) is 15.7 Å². The van der Waals surface area contributed by atoms with Gasteiger partial charge in [0.25, 0.3) is 0 Å². The Labute approximate surface area is 125 Å². The second-order valence-electron chi connectivity index (χ2n) is 3.84. The van der Waals surface area contributed by atoms with E-state index in [2.05, 4.69) is 0 Å². The van der Waals surface area contributed by atoms with Gasteiger partial charge in [0.05, 0.1) is 5.48 Å². The average molecular weight is 262 g/mol. The zero-order chi connectivity index (χ0) is 20.1. The molecule has 1 N–H and O–H groups in total. The number of nitrogens with one attached hydrogen (secondary N) is 1. The largest absolute Gasteiger partial charge is 0.457 e. The Morgan fingerprint density at radius 2 is 1.53 bits per heavy atom. The van der Waals surface area contributed by atoms with Gasteiger partial charge in [0, 0.05) is 37.2 Å². The third-order valence-electron chi connectivity index (χ3n) is 2.53. The summed E-state index contributed by atoms with van der Waals surface area (Å²) in [4.78, 5) is 0.489. The minimum atomic E-state index is -2.86. The summed E-state index contributed by atoms with van der Waals surface area (Å²) in [5, 5.41) is 1.81. The van der Waals surface area contributed by atoms with Crippen molar-refractivity contribution >= 4 is 5.69 Å². The van der Waals surface area contributed by atoms with E-state index >= 15 is 0 Å². The first-order valence-corrected chi connectivity index (χ1v) is 5.81. The lowest BCUT2D eigenvalue weighted by Crippen LogP contribution is -2.43. The first-order valence-electron chi connectivity index (χ1n) is 9.81. The molecule has 1 saturated heterocycles. The number of para-hydroxylation sites is 1. The lowest BCUT2D eigenvalue weighted by Gasteiger charge is -2.29.